The van der Waals surface area contributed by atoms with E-state index in [4.69, 9.17) is 21.1 Å². The normalized spacial score (nSPS) is 11.6. The Morgan fingerprint density at radius 2 is 1.80 bits per heavy atom. The van der Waals surface area contributed by atoms with Crippen LogP contribution in [0.5, 0.6) is 0 Å². The Kier molecular flexibility index (Phi) is 11.7. The van der Waals surface area contributed by atoms with Crippen molar-refractivity contribution in [2.75, 3.05) is 26.4 Å². The quantitative estimate of drug-likeness (QED) is 0.0708. The monoisotopic (exact) mass is 644 g/mol. The van der Waals surface area contributed by atoms with Crippen molar-refractivity contribution in [2.24, 2.45) is 0 Å². The maximum absolute atomic E-state index is 13.1. The number of aromatic amines is 1. The summed E-state index contributed by atoms with van der Waals surface area (Å²) in [6.07, 6.45) is 0.975. The van der Waals surface area contributed by atoms with Crippen molar-refractivity contribution in [3.63, 3.8) is 0 Å². The number of esters is 1. The minimum atomic E-state index is -1.35. The maximum atomic E-state index is 13.1. The molecule has 1 N–H and O–H groups in total. The molecule has 0 fully saturated rings. The van der Waals surface area contributed by atoms with Gasteiger partial charge in [0.25, 0.3) is 10.2 Å². The Balaban J connectivity index is 1.44. The first-order valence-corrected chi connectivity index (χ1v) is 14.1. The number of unbranched alkanes of at least 4 members (excludes halogenated alkanes) is 1. The summed E-state index contributed by atoms with van der Waals surface area (Å²) >= 11 is 6.42. The first-order chi connectivity index (χ1) is 21.8. The second kappa shape index (κ2) is 16.1. The van der Waals surface area contributed by atoms with Crippen molar-refractivity contribution in [1.29, 1.82) is 0 Å². The summed E-state index contributed by atoms with van der Waals surface area (Å²) < 4.78 is 12.3. The Hall–Kier alpha value is -5.16. The molecule has 0 aliphatic carbocycles. The molecule has 0 aliphatic heterocycles. The van der Waals surface area contributed by atoms with Crippen molar-refractivity contribution < 1.29 is 34.1 Å². The minimum Gasteiger partial charge on any atom is -0.458 e. The lowest BCUT2D eigenvalue weighted by Gasteiger charge is -2.15. The van der Waals surface area contributed by atoms with Crippen LogP contribution in [0.3, 0.4) is 0 Å². The van der Waals surface area contributed by atoms with Gasteiger partial charge in [-0.2, -0.15) is 5.21 Å². The molecule has 0 radical (unpaired) electrons. The van der Waals surface area contributed by atoms with E-state index in [-0.39, 0.29) is 24.1 Å². The Bertz CT molecular complexity index is 1580. The fraction of sp³-hybridized carbons (Fsp3) is 0.370. The van der Waals surface area contributed by atoms with Crippen LogP contribution in [0.25, 0.3) is 22.5 Å². The summed E-state index contributed by atoms with van der Waals surface area (Å²) in [6, 6.07) is 15.5. The number of hydrogen-bond donors (Lipinski definition) is 1. The van der Waals surface area contributed by atoms with Gasteiger partial charge in [0.1, 0.15) is 19.0 Å². The number of H-pyrrole nitrogens is 1. The molecular formula is C27H29ClN8O9. The van der Waals surface area contributed by atoms with Gasteiger partial charge in [0.2, 0.25) is 5.82 Å². The average Bonchev–Trinajstić information content (AvgIpc) is 3.66. The zero-order valence-electron chi connectivity index (χ0n) is 24.0. The summed E-state index contributed by atoms with van der Waals surface area (Å²) in [6.45, 7) is 0.795. The third-order valence-corrected chi connectivity index (χ3v) is 6.70. The van der Waals surface area contributed by atoms with Gasteiger partial charge in [0, 0.05) is 18.5 Å². The molecule has 1 atom stereocenters. The van der Waals surface area contributed by atoms with Gasteiger partial charge in [0.05, 0.1) is 13.2 Å². The van der Waals surface area contributed by atoms with Gasteiger partial charge >= 0.3 is 5.97 Å². The number of aryl methyl sites for hydroxylation is 1. The maximum Gasteiger partial charge on any atom is 0.358 e. The van der Waals surface area contributed by atoms with Gasteiger partial charge in [-0.3, -0.25) is 0 Å². The van der Waals surface area contributed by atoms with E-state index >= 15 is 0 Å². The van der Waals surface area contributed by atoms with Crippen molar-refractivity contribution in [2.45, 2.75) is 38.8 Å². The van der Waals surface area contributed by atoms with E-state index in [0.717, 1.165) is 35.1 Å². The van der Waals surface area contributed by atoms with Gasteiger partial charge in [-0.1, -0.05) is 73.5 Å². The van der Waals surface area contributed by atoms with Crippen LogP contribution < -0.4 is 0 Å². The summed E-state index contributed by atoms with van der Waals surface area (Å²) in [5.74, 6) is 0.367. The molecule has 0 bridgehead atoms. The molecule has 2 aromatic carbocycles. The molecule has 45 heavy (non-hydrogen) atoms. The van der Waals surface area contributed by atoms with E-state index in [1.54, 1.807) is 4.57 Å². The van der Waals surface area contributed by atoms with Crippen LogP contribution in [-0.2, 0) is 32.1 Å². The largest absolute Gasteiger partial charge is 0.458 e. The number of benzene rings is 2. The summed E-state index contributed by atoms with van der Waals surface area (Å²) in [7, 11) is 0. The number of tetrazole rings is 1. The standard InChI is InChI=1S/C27H29ClN8O9/c1-2-3-8-23-29-25(28)24(27(37)43-14-13-42-16-20(45-36(40)41)17-44-35(38)39)34(23)15-18-9-11-19(12-10-18)21-6-4-5-7-22(21)26-30-32-33-31-26/h4-7,9-12,20H,2-3,8,13-17H2,1H3,(H,30,31,32,33)/t20-/m0/s1. The van der Waals surface area contributed by atoms with Gasteiger partial charge < -0.3 is 23.7 Å². The molecule has 0 saturated carbocycles. The van der Waals surface area contributed by atoms with Crippen molar-refractivity contribution in [3.8, 4) is 22.5 Å². The molecule has 2 aromatic heterocycles. The van der Waals surface area contributed by atoms with E-state index in [0.29, 0.717) is 24.6 Å². The lowest BCUT2D eigenvalue weighted by molar-refractivity contribution is -0.790. The lowest BCUT2D eigenvalue weighted by atomic mass is 9.98. The molecule has 0 unspecified atom stereocenters. The molecule has 0 spiro atoms. The van der Waals surface area contributed by atoms with Crippen LogP contribution in [0.2, 0.25) is 5.15 Å². The number of halogens is 1. The molecule has 0 saturated heterocycles. The van der Waals surface area contributed by atoms with E-state index in [2.05, 4.69) is 35.3 Å². The van der Waals surface area contributed by atoms with E-state index in [1.807, 2.05) is 55.5 Å². The third kappa shape index (κ3) is 9.16. The number of nitrogens with one attached hydrogen (secondary N) is 1. The van der Waals surface area contributed by atoms with Crippen LogP contribution in [0.4, 0.5) is 0 Å². The van der Waals surface area contributed by atoms with Crippen LogP contribution in [0.15, 0.2) is 48.5 Å². The van der Waals surface area contributed by atoms with Gasteiger partial charge in [0.15, 0.2) is 17.0 Å². The number of carbonyl (C=O) groups is 1. The lowest BCUT2D eigenvalue weighted by Crippen LogP contribution is -2.30. The molecule has 4 aromatic rings. The smallest absolute Gasteiger partial charge is 0.358 e. The molecular weight excluding hydrogens is 616 g/mol. The zero-order valence-corrected chi connectivity index (χ0v) is 24.8. The highest BCUT2D eigenvalue weighted by Crippen LogP contribution is 2.30. The second-order valence-corrected chi connectivity index (χ2v) is 9.87. The van der Waals surface area contributed by atoms with E-state index in [9.17, 15) is 25.0 Å². The number of carbonyl (C=O) groups excluding carboxylic acids is 1. The molecule has 4 rings (SSSR count). The van der Waals surface area contributed by atoms with E-state index in [1.165, 1.54) is 0 Å². The fourth-order valence-electron chi connectivity index (χ4n) is 4.39. The number of aromatic nitrogens is 6. The number of rotatable bonds is 18. The topological polar surface area (TPSA) is 213 Å². The summed E-state index contributed by atoms with van der Waals surface area (Å²) in [5.41, 5.74) is 3.64. The van der Waals surface area contributed by atoms with Crippen LogP contribution in [0.1, 0.15) is 41.6 Å². The van der Waals surface area contributed by atoms with E-state index < -0.39 is 35.5 Å². The summed E-state index contributed by atoms with van der Waals surface area (Å²) in [5, 5.41) is 33.0. The molecule has 17 nitrogen and oxygen atoms in total. The molecule has 0 aliphatic rings. The number of nitrogens with zero attached hydrogens (tertiary/aromatic N) is 7. The fourth-order valence-corrected chi connectivity index (χ4v) is 4.66. The third-order valence-electron chi connectivity index (χ3n) is 6.44. The van der Waals surface area contributed by atoms with Gasteiger partial charge in [-0.15, -0.1) is 30.4 Å². The van der Waals surface area contributed by atoms with Gasteiger partial charge in [-0.25, -0.2) is 9.78 Å². The van der Waals surface area contributed by atoms with Crippen molar-refractivity contribution >= 4 is 17.6 Å². The highest BCUT2D eigenvalue weighted by Gasteiger charge is 2.24. The minimum absolute atomic E-state index is 0.00550. The molecule has 18 heteroatoms. The molecule has 0 amide bonds. The number of hydrogen-bond acceptors (Lipinski definition) is 13. The predicted molar refractivity (Wildman–Crippen MR) is 156 cm³/mol. The van der Waals surface area contributed by atoms with Crippen LogP contribution in [-0.4, -0.2) is 78.8 Å². The predicted octanol–water partition coefficient (Wildman–Crippen LogP) is 3.73. The second-order valence-electron chi connectivity index (χ2n) is 9.52. The number of imidazole rings is 1. The van der Waals surface area contributed by atoms with Crippen LogP contribution in [0, 0.1) is 20.2 Å². The van der Waals surface area contributed by atoms with Gasteiger partial charge in [-0.05, 0) is 28.3 Å². The number of ether oxygens (including phenoxy) is 2. The van der Waals surface area contributed by atoms with Crippen LogP contribution >= 0.6 is 11.6 Å². The molecule has 2 heterocycles. The Labute approximate surface area is 260 Å². The van der Waals surface area contributed by atoms with Crippen molar-refractivity contribution in [3.05, 3.63) is 91.0 Å². The first-order valence-electron chi connectivity index (χ1n) is 13.8. The Morgan fingerprint density at radius 3 is 2.47 bits per heavy atom. The SMILES string of the molecule is CCCCc1nc(Cl)c(C(=O)OCCOC[C@@H](CO[N+](=O)[O-])O[N+](=O)[O-])n1Cc1ccc(-c2ccccc2-c2nn[nH]n2)cc1. The summed E-state index contributed by atoms with van der Waals surface area (Å²) in [4.78, 5) is 46.9. The average molecular weight is 645 g/mol. The highest BCUT2D eigenvalue weighted by molar-refractivity contribution is 6.32. The van der Waals surface area contributed by atoms with Crippen molar-refractivity contribution in [1.82, 2.24) is 30.2 Å². The zero-order chi connectivity index (χ0) is 32.2. The Morgan fingerprint density at radius 1 is 1.04 bits per heavy atom. The molecule has 238 valence electrons. The highest BCUT2D eigenvalue weighted by atomic mass is 35.5. The first kappa shape index (κ1) is 32.7.